The average Bonchev–Trinajstić information content (AvgIpc) is 1.87. The minimum atomic E-state index is -2.13. The zero-order chi connectivity index (χ0) is 8.69. The molecule has 0 amide bonds. The first-order valence-electron chi connectivity index (χ1n) is 2.83. The molecule has 1 radical (unpaired) electrons. The van der Waals surface area contributed by atoms with Gasteiger partial charge in [-0.05, 0) is 12.5 Å². The number of rotatable bonds is 0. The molecule has 0 spiro atoms. The van der Waals surface area contributed by atoms with Crippen LogP contribution in [0.3, 0.4) is 0 Å². The van der Waals surface area contributed by atoms with Crippen molar-refractivity contribution < 1.29 is 18.2 Å². The number of hydrogen-bond donors (Lipinski definition) is 0. The topological polar surface area (TPSA) is 0 Å². The summed E-state index contributed by atoms with van der Waals surface area (Å²) in [7, 11) is 15.0. The molecular weight excluding hydrogens is 282 g/mol. The first-order chi connectivity index (χ1) is 5.13. The van der Waals surface area contributed by atoms with Crippen LogP contribution in [0.25, 0.3) is 0 Å². The van der Waals surface area contributed by atoms with E-state index in [0.717, 1.165) is 5.56 Å². The Morgan fingerprint density at radius 2 is 1.36 bits per heavy atom. The summed E-state index contributed by atoms with van der Waals surface area (Å²) < 4.78 is 0. The number of benzene rings is 1. The molecule has 0 fully saturated rings. The molecule has 0 aliphatic carbocycles. The molecule has 11 heavy (non-hydrogen) atoms. The molecule has 0 N–H and O–H groups in total. The van der Waals surface area contributed by atoms with Crippen molar-refractivity contribution in [2.75, 3.05) is 0 Å². The Morgan fingerprint density at radius 3 is 1.55 bits per heavy atom. The predicted octanol–water partition coefficient (Wildman–Crippen LogP) is 3.93. The van der Waals surface area contributed by atoms with Crippen LogP contribution in [0.2, 0.25) is 0 Å². The van der Waals surface area contributed by atoms with E-state index in [9.17, 15) is 0 Å². The van der Waals surface area contributed by atoms with E-state index in [4.69, 9.17) is 25.5 Å². The van der Waals surface area contributed by atoms with Crippen molar-refractivity contribution in [1.29, 1.82) is 0 Å². The first kappa shape index (κ1) is 12.0. The number of halogens is 3. The third-order valence-electron chi connectivity index (χ3n) is 0.843. The van der Waals surface area contributed by atoms with Crippen molar-refractivity contribution in [3.05, 3.63) is 42.8 Å². The molecule has 1 rings (SSSR count). The quantitative estimate of drug-likeness (QED) is 0.678. The van der Waals surface area contributed by atoms with E-state index in [1.54, 1.807) is 0 Å². The standard InChI is InChI=1S/C7H7.3ClH.Zr/c1-7-5-3-2-4-6-7;;;;/h2-6H,1H2;3*1H;/q;;;;+3/p-3. The van der Waals surface area contributed by atoms with Crippen molar-refractivity contribution in [2.45, 2.75) is 0 Å². The van der Waals surface area contributed by atoms with Crippen molar-refractivity contribution in [1.82, 2.24) is 0 Å². The Hall–Kier alpha value is 0.973. The third kappa shape index (κ3) is 11.0. The summed E-state index contributed by atoms with van der Waals surface area (Å²) in [4.78, 5) is 0. The van der Waals surface area contributed by atoms with Crippen molar-refractivity contribution >= 4 is 25.5 Å². The van der Waals surface area contributed by atoms with Gasteiger partial charge < -0.3 is 0 Å². The van der Waals surface area contributed by atoms with E-state index < -0.39 is 18.2 Å². The molecule has 0 nitrogen and oxygen atoms in total. The second-order valence-electron chi connectivity index (χ2n) is 1.70. The maximum atomic E-state index is 5.00. The Morgan fingerprint density at radius 1 is 1.00 bits per heavy atom. The molecule has 0 aliphatic rings. The van der Waals surface area contributed by atoms with Crippen molar-refractivity contribution in [3.63, 3.8) is 0 Å². The van der Waals surface area contributed by atoms with E-state index in [2.05, 4.69) is 6.92 Å². The van der Waals surface area contributed by atoms with Crippen LogP contribution in [-0.4, -0.2) is 0 Å². The van der Waals surface area contributed by atoms with Gasteiger partial charge in [-0.25, -0.2) is 0 Å². The summed E-state index contributed by atoms with van der Waals surface area (Å²) in [6.07, 6.45) is 0. The van der Waals surface area contributed by atoms with Crippen LogP contribution in [0, 0.1) is 6.92 Å². The zero-order valence-electron chi connectivity index (χ0n) is 5.73. The van der Waals surface area contributed by atoms with E-state index in [1.807, 2.05) is 30.3 Å². The van der Waals surface area contributed by atoms with Gasteiger partial charge in [0.05, 0.1) is 0 Å². The molecule has 0 unspecified atom stereocenters. The van der Waals surface area contributed by atoms with Gasteiger partial charge in [0.15, 0.2) is 0 Å². The van der Waals surface area contributed by atoms with E-state index >= 15 is 0 Å². The molecule has 0 aliphatic heterocycles. The van der Waals surface area contributed by atoms with Gasteiger partial charge in [0.25, 0.3) is 0 Å². The molecule has 0 aromatic heterocycles. The van der Waals surface area contributed by atoms with Gasteiger partial charge in [0, 0.05) is 0 Å². The van der Waals surface area contributed by atoms with E-state index in [0.29, 0.717) is 0 Å². The Labute approximate surface area is 85.8 Å². The van der Waals surface area contributed by atoms with Gasteiger partial charge in [-0.2, -0.15) is 0 Å². The molecule has 1 aromatic carbocycles. The minimum absolute atomic E-state index is 1.07. The summed E-state index contributed by atoms with van der Waals surface area (Å²) in [5.74, 6) is 0. The molecule has 1 aromatic rings. The molecule has 0 atom stereocenters. The van der Waals surface area contributed by atoms with Gasteiger partial charge in [0.2, 0.25) is 0 Å². The molecule has 60 valence electrons. The second kappa shape index (κ2) is 7.61. The van der Waals surface area contributed by atoms with Crippen molar-refractivity contribution in [2.24, 2.45) is 0 Å². The molecule has 0 bridgehead atoms. The van der Waals surface area contributed by atoms with Gasteiger partial charge in [-0.1, -0.05) is 30.3 Å². The Bertz CT molecular complexity index is 174. The number of hydrogen-bond acceptors (Lipinski definition) is 0. The van der Waals surface area contributed by atoms with E-state index in [1.165, 1.54) is 0 Å². The summed E-state index contributed by atoms with van der Waals surface area (Å²) >= 11 is -2.13. The summed E-state index contributed by atoms with van der Waals surface area (Å²) in [6, 6.07) is 9.87. The Balaban J connectivity index is 0.000000218. The van der Waals surface area contributed by atoms with Crippen molar-refractivity contribution in [3.8, 4) is 0 Å². The summed E-state index contributed by atoms with van der Waals surface area (Å²) in [5, 5.41) is 0. The maximum absolute atomic E-state index is 5.00. The van der Waals surface area contributed by atoms with Crippen LogP contribution < -0.4 is 0 Å². The van der Waals surface area contributed by atoms with Crippen LogP contribution in [0.5, 0.6) is 0 Å². The average molecular weight is 289 g/mol. The van der Waals surface area contributed by atoms with Crippen LogP contribution in [-0.2, 0) is 18.2 Å². The van der Waals surface area contributed by atoms with Gasteiger partial charge in [0.1, 0.15) is 0 Å². The first-order valence-corrected chi connectivity index (χ1v) is 12.3. The molecule has 0 saturated carbocycles. The molecule has 4 heteroatoms. The summed E-state index contributed by atoms with van der Waals surface area (Å²) in [5.41, 5.74) is 1.07. The fourth-order valence-corrected chi connectivity index (χ4v) is 0.478. The summed E-state index contributed by atoms with van der Waals surface area (Å²) in [6.45, 7) is 3.72. The van der Waals surface area contributed by atoms with Crippen LogP contribution in [0.4, 0.5) is 0 Å². The van der Waals surface area contributed by atoms with Gasteiger partial charge in [-0.15, -0.1) is 0 Å². The van der Waals surface area contributed by atoms with Crippen LogP contribution in [0.15, 0.2) is 30.3 Å². The predicted molar refractivity (Wildman–Crippen MR) is 48.5 cm³/mol. The second-order valence-corrected chi connectivity index (χ2v) is 12.9. The van der Waals surface area contributed by atoms with Crippen LogP contribution in [0.1, 0.15) is 5.56 Å². The van der Waals surface area contributed by atoms with Gasteiger partial charge >= 0.3 is 43.7 Å². The fourth-order valence-electron chi connectivity index (χ4n) is 0.478. The monoisotopic (exact) mass is 286 g/mol. The normalized spacial score (nSPS) is 8.00. The molecular formula is C7H7Cl3Zr. The fraction of sp³-hybridized carbons (Fsp3) is 0. The third-order valence-corrected chi connectivity index (χ3v) is 0.843. The van der Waals surface area contributed by atoms with E-state index in [-0.39, 0.29) is 0 Å². The molecule has 0 saturated heterocycles. The van der Waals surface area contributed by atoms with Gasteiger partial charge in [-0.3, -0.25) is 0 Å². The SMILES string of the molecule is [CH2]c1ccccc1.[Cl][Zr]([Cl])[Cl]. The Kier molecular flexibility index (Phi) is 8.29. The zero-order valence-corrected chi connectivity index (χ0v) is 10.5. The molecule has 0 heterocycles. The van der Waals surface area contributed by atoms with Crippen LogP contribution >= 0.6 is 25.5 Å².